The molecule has 24 heavy (non-hydrogen) atoms. The van der Waals surface area contributed by atoms with Gasteiger partial charge in [-0.05, 0) is 43.7 Å². The summed E-state index contributed by atoms with van der Waals surface area (Å²) in [5, 5.41) is 0. The standard InChI is InChI=1S/C18H20N2O3S/c1-14-7-6-8-16(13-14)19-11-12-20(15(2)18(19)21)24(22,23)17-9-4-3-5-10-17/h3-10,13,15H,11-12H2,1-2H3. The number of aryl methyl sites for hydroxylation is 1. The highest BCUT2D eigenvalue weighted by molar-refractivity contribution is 7.89. The number of piperazine rings is 1. The van der Waals surface area contributed by atoms with Gasteiger partial charge >= 0.3 is 0 Å². The summed E-state index contributed by atoms with van der Waals surface area (Å²) < 4.78 is 26.9. The molecule has 1 aliphatic rings. The van der Waals surface area contributed by atoms with E-state index in [9.17, 15) is 13.2 Å². The van der Waals surface area contributed by atoms with Crippen molar-refractivity contribution >= 4 is 21.6 Å². The van der Waals surface area contributed by atoms with Crippen LogP contribution in [0.4, 0.5) is 5.69 Å². The van der Waals surface area contributed by atoms with Crippen molar-refractivity contribution < 1.29 is 13.2 Å². The number of anilines is 1. The fourth-order valence-electron chi connectivity index (χ4n) is 2.96. The summed E-state index contributed by atoms with van der Waals surface area (Å²) in [7, 11) is -3.67. The van der Waals surface area contributed by atoms with Crippen LogP contribution in [0.15, 0.2) is 59.5 Å². The maximum absolute atomic E-state index is 12.8. The van der Waals surface area contributed by atoms with Gasteiger partial charge in [-0.2, -0.15) is 4.31 Å². The Hall–Kier alpha value is -2.18. The summed E-state index contributed by atoms with van der Waals surface area (Å²) in [6, 6.07) is 15.2. The number of amides is 1. The lowest BCUT2D eigenvalue weighted by atomic mass is 10.1. The van der Waals surface area contributed by atoms with Crippen LogP contribution in [0.1, 0.15) is 12.5 Å². The Bertz CT molecular complexity index is 850. The Balaban J connectivity index is 1.88. The van der Waals surface area contributed by atoms with Crippen molar-refractivity contribution in [3.05, 3.63) is 60.2 Å². The highest BCUT2D eigenvalue weighted by Crippen LogP contribution is 2.25. The molecular formula is C18H20N2O3S. The largest absolute Gasteiger partial charge is 0.310 e. The van der Waals surface area contributed by atoms with Gasteiger partial charge in [0, 0.05) is 18.8 Å². The fourth-order valence-corrected chi connectivity index (χ4v) is 4.56. The number of hydrogen-bond donors (Lipinski definition) is 0. The summed E-state index contributed by atoms with van der Waals surface area (Å²) in [4.78, 5) is 14.6. The molecule has 2 aromatic carbocycles. The number of rotatable bonds is 3. The van der Waals surface area contributed by atoms with Crippen molar-refractivity contribution in [1.29, 1.82) is 0 Å². The summed E-state index contributed by atoms with van der Waals surface area (Å²) in [6.07, 6.45) is 0. The third kappa shape index (κ3) is 2.95. The van der Waals surface area contributed by atoms with Crippen molar-refractivity contribution in [1.82, 2.24) is 4.31 Å². The molecule has 0 spiro atoms. The van der Waals surface area contributed by atoms with Crippen LogP contribution < -0.4 is 4.90 Å². The van der Waals surface area contributed by atoms with Crippen LogP contribution in [0.5, 0.6) is 0 Å². The van der Waals surface area contributed by atoms with Crippen molar-refractivity contribution in [3.63, 3.8) is 0 Å². The second-order valence-electron chi connectivity index (χ2n) is 5.93. The van der Waals surface area contributed by atoms with Gasteiger partial charge in [-0.3, -0.25) is 4.79 Å². The number of benzene rings is 2. The van der Waals surface area contributed by atoms with Gasteiger partial charge in [0.1, 0.15) is 6.04 Å². The average molecular weight is 344 g/mol. The topological polar surface area (TPSA) is 57.7 Å². The molecule has 1 unspecified atom stereocenters. The van der Waals surface area contributed by atoms with Crippen LogP contribution in [0.3, 0.4) is 0 Å². The van der Waals surface area contributed by atoms with Crippen LogP contribution in [0.25, 0.3) is 0 Å². The lowest BCUT2D eigenvalue weighted by Crippen LogP contribution is -2.57. The van der Waals surface area contributed by atoms with Crippen molar-refractivity contribution in [3.8, 4) is 0 Å². The first-order valence-electron chi connectivity index (χ1n) is 7.86. The fraction of sp³-hybridized carbons (Fsp3) is 0.278. The van der Waals surface area contributed by atoms with Gasteiger partial charge in [0.25, 0.3) is 0 Å². The molecule has 3 rings (SSSR count). The van der Waals surface area contributed by atoms with Crippen molar-refractivity contribution in [2.75, 3.05) is 18.0 Å². The first-order chi connectivity index (χ1) is 11.4. The van der Waals surface area contributed by atoms with Gasteiger partial charge in [-0.25, -0.2) is 8.42 Å². The zero-order valence-electron chi connectivity index (χ0n) is 13.7. The maximum Gasteiger partial charge on any atom is 0.245 e. The minimum Gasteiger partial charge on any atom is -0.310 e. The number of nitrogens with zero attached hydrogens (tertiary/aromatic N) is 2. The molecule has 0 bridgehead atoms. The molecule has 5 nitrogen and oxygen atoms in total. The van der Waals surface area contributed by atoms with Crippen LogP contribution in [-0.2, 0) is 14.8 Å². The molecule has 1 amide bonds. The molecule has 0 aliphatic carbocycles. The Morgan fingerprint density at radius 1 is 1.00 bits per heavy atom. The van der Waals surface area contributed by atoms with E-state index < -0.39 is 16.1 Å². The van der Waals surface area contributed by atoms with E-state index in [1.165, 1.54) is 4.31 Å². The monoisotopic (exact) mass is 344 g/mol. The van der Waals surface area contributed by atoms with Crippen LogP contribution >= 0.6 is 0 Å². The van der Waals surface area contributed by atoms with Gasteiger partial charge in [0.15, 0.2) is 0 Å². The van der Waals surface area contributed by atoms with E-state index >= 15 is 0 Å². The van der Waals surface area contributed by atoms with E-state index in [0.29, 0.717) is 6.54 Å². The molecule has 1 atom stereocenters. The first kappa shape index (κ1) is 16.7. The molecular weight excluding hydrogens is 324 g/mol. The number of sulfonamides is 1. The van der Waals surface area contributed by atoms with E-state index in [2.05, 4.69) is 0 Å². The van der Waals surface area contributed by atoms with Gasteiger partial charge < -0.3 is 4.90 Å². The van der Waals surface area contributed by atoms with Crippen LogP contribution in [0, 0.1) is 6.92 Å². The average Bonchev–Trinajstić information content (AvgIpc) is 2.58. The quantitative estimate of drug-likeness (QED) is 0.859. The highest BCUT2D eigenvalue weighted by atomic mass is 32.2. The summed E-state index contributed by atoms with van der Waals surface area (Å²) in [5.74, 6) is -0.202. The molecule has 126 valence electrons. The van der Waals surface area contributed by atoms with Gasteiger partial charge in [0.05, 0.1) is 4.90 Å². The molecule has 1 saturated heterocycles. The van der Waals surface area contributed by atoms with E-state index in [4.69, 9.17) is 0 Å². The summed E-state index contributed by atoms with van der Waals surface area (Å²) >= 11 is 0. The van der Waals surface area contributed by atoms with Crippen LogP contribution in [-0.4, -0.2) is 37.8 Å². The molecule has 6 heteroatoms. The highest BCUT2D eigenvalue weighted by Gasteiger charge is 2.39. The molecule has 0 N–H and O–H groups in total. The lowest BCUT2D eigenvalue weighted by molar-refractivity contribution is -0.123. The molecule has 1 aliphatic heterocycles. The van der Waals surface area contributed by atoms with Crippen molar-refractivity contribution in [2.24, 2.45) is 0 Å². The maximum atomic E-state index is 12.8. The van der Waals surface area contributed by atoms with Crippen LogP contribution in [0.2, 0.25) is 0 Å². The molecule has 2 aromatic rings. The zero-order chi connectivity index (χ0) is 17.3. The first-order valence-corrected chi connectivity index (χ1v) is 9.30. The lowest BCUT2D eigenvalue weighted by Gasteiger charge is -2.38. The SMILES string of the molecule is Cc1cccc(N2CCN(S(=O)(=O)c3ccccc3)C(C)C2=O)c1. The minimum absolute atomic E-state index is 0.202. The molecule has 1 fully saturated rings. The van der Waals surface area contributed by atoms with E-state index in [-0.39, 0.29) is 17.3 Å². The van der Waals surface area contributed by atoms with E-state index in [1.807, 2.05) is 31.2 Å². The minimum atomic E-state index is -3.67. The third-order valence-electron chi connectivity index (χ3n) is 4.26. The summed E-state index contributed by atoms with van der Waals surface area (Å²) in [6.45, 7) is 4.23. The van der Waals surface area contributed by atoms with Gasteiger partial charge in [-0.15, -0.1) is 0 Å². The normalized spacial score (nSPS) is 19.5. The number of carbonyl (C=O) groups is 1. The number of hydrogen-bond acceptors (Lipinski definition) is 3. The second kappa shape index (κ2) is 6.37. The Kier molecular flexibility index (Phi) is 4.43. The molecule has 1 heterocycles. The van der Waals surface area contributed by atoms with E-state index in [1.54, 1.807) is 42.2 Å². The van der Waals surface area contributed by atoms with Gasteiger partial charge in [-0.1, -0.05) is 30.3 Å². The molecule has 0 saturated carbocycles. The predicted molar refractivity (Wildman–Crippen MR) is 93.3 cm³/mol. The second-order valence-corrected chi connectivity index (χ2v) is 7.82. The molecule has 0 radical (unpaired) electrons. The Morgan fingerprint density at radius 2 is 1.71 bits per heavy atom. The number of carbonyl (C=O) groups excluding carboxylic acids is 1. The van der Waals surface area contributed by atoms with E-state index in [0.717, 1.165) is 11.3 Å². The zero-order valence-corrected chi connectivity index (χ0v) is 14.5. The summed E-state index contributed by atoms with van der Waals surface area (Å²) in [5.41, 5.74) is 1.87. The Labute approximate surface area is 142 Å². The third-order valence-corrected chi connectivity index (χ3v) is 6.25. The molecule has 0 aromatic heterocycles. The van der Waals surface area contributed by atoms with Gasteiger partial charge in [0.2, 0.25) is 15.9 Å². The Morgan fingerprint density at radius 3 is 2.38 bits per heavy atom. The predicted octanol–water partition coefficient (Wildman–Crippen LogP) is 2.42. The van der Waals surface area contributed by atoms with Crippen molar-refractivity contribution in [2.45, 2.75) is 24.8 Å². The smallest absolute Gasteiger partial charge is 0.245 e.